The number of aryl methyl sites for hydroxylation is 4. The van der Waals surface area contributed by atoms with Gasteiger partial charge in [-0.25, -0.2) is 0 Å². The number of nitrogens with one attached hydrogen (secondary N) is 2. The maximum atomic E-state index is 4.58. The smallest absolute Gasteiger partial charge is 0.0643 e. The van der Waals surface area contributed by atoms with Crippen LogP contribution in [-0.4, -0.2) is 15.2 Å². The van der Waals surface area contributed by atoms with Crippen molar-refractivity contribution in [2.24, 2.45) is 0 Å². The Labute approximate surface area is 113 Å². The fourth-order valence-corrected chi connectivity index (χ4v) is 2.71. The molecule has 0 saturated carbocycles. The minimum atomic E-state index is 0.800. The molecule has 4 heteroatoms. The van der Waals surface area contributed by atoms with Crippen molar-refractivity contribution in [2.75, 3.05) is 5.32 Å². The predicted molar refractivity (Wildman–Crippen MR) is 76.3 cm³/mol. The van der Waals surface area contributed by atoms with Crippen LogP contribution < -0.4 is 5.32 Å². The fourth-order valence-electron chi connectivity index (χ4n) is 2.71. The average molecular weight is 256 g/mol. The van der Waals surface area contributed by atoms with E-state index >= 15 is 0 Å². The van der Waals surface area contributed by atoms with E-state index in [1.54, 1.807) is 0 Å². The van der Waals surface area contributed by atoms with Crippen molar-refractivity contribution in [3.63, 3.8) is 0 Å². The van der Waals surface area contributed by atoms with Crippen LogP contribution >= 0.6 is 0 Å². The number of hydrogen-bond acceptors (Lipinski definition) is 3. The minimum absolute atomic E-state index is 0.800. The monoisotopic (exact) mass is 256 g/mol. The zero-order valence-electron chi connectivity index (χ0n) is 11.6. The number of aromatic amines is 1. The Hall–Kier alpha value is -1.84. The van der Waals surface area contributed by atoms with E-state index in [9.17, 15) is 0 Å². The Morgan fingerprint density at radius 1 is 1.26 bits per heavy atom. The summed E-state index contributed by atoms with van der Waals surface area (Å²) in [6.45, 7) is 4.89. The molecule has 2 heterocycles. The summed E-state index contributed by atoms with van der Waals surface area (Å²) in [7, 11) is 0. The molecule has 2 N–H and O–H groups in total. The lowest BCUT2D eigenvalue weighted by Gasteiger charge is -2.16. The van der Waals surface area contributed by atoms with Crippen molar-refractivity contribution in [3.8, 4) is 0 Å². The first-order valence-electron chi connectivity index (χ1n) is 6.96. The van der Waals surface area contributed by atoms with Crippen LogP contribution in [0.1, 0.15) is 41.1 Å². The molecule has 1 aliphatic rings. The third-order valence-corrected chi connectivity index (χ3v) is 3.92. The lowest BCUT2D eigenvalue weighted by molar-refractivity contribution is 0.668. The maximum absolute atomic E-state index is 4.58. The van der Waals surface area contributed by atoms with Crippen LogP contribution in [0.25, 0.3) is 0 Å². The fraction of sp³-hybridized carbons (Fsp3) is 0.467. The largest absolute Gasteiger partial charge is 0.380 e. The number of aromatic nitrogens is 3. The summed E-state index contributed by atoms with van der Waals surface area (Å²) in [5, 5.41) is 10.7. The number of hydrogen-bond donors (Lipinski definition) is 2. The van der Waals surface area contributed by atoms with Crippen molar-refractivity contribution in [1.82, 2.24) is 15.2 Å². The van der Waals surface area contributed by atoms with Gasteiger partial charge in [0.2, 0.25) is 0 Å². The van der Waals surface area contributed by atoms with Crippen molar-refractivity contribution in [1.29, 1.82) is 0 Å². The van der Waals surface area contributed by atoms with Crippen LogP contribution in [0.2, 0.25) is 0 Å². The molecule has 0 amide bonds. The summed E-state index contributed by atoms with van der Waals surface area (Å²) in [5.41, 5.74) is 7.26. The van der Waals surface area contributed by atoms with Crippen molar-refractivity contribution in [3.05, 3.63) is 40.5 Å². The summed E-state index contributed by atoms with van der Waals surface area (Å²) in [5.74, 6) is 0. The zero-order chi connectivity index (χ0) is 13.2. The van der Waals surface area contributed by atoms with E-state index in [4.69, 9.17) is 0 Å². The Kier molecular flexibility index (Phi) is 3.23. The Balaban J connectivity index is 1.74. The Bertz CT molecular complexity index is 566. The van der Waals surface area contributed by atoms with Gasteiger partial charge in [0, 0.05) is 23.5 Å². The Morgan fingerprint density at radius 2 is 2.11 bits per heavy atom. The molecule has 0 radical (unpaired) electrons. The van der Waals surface area contributed by atoms with Crippen molar-refractivity contribution >= 4 is 5.69 Å². The molecular weight excluding hydrogens is 236 g/mol. The van der Waals surface area contributed by atoms with Crippen molar-refractivity contribution in [2.45, 2.75) is 46.1 Å². The summed E-state index contributed by atoms with van der Waals surface area (Å²) < 4.78 is 0. The molecule has 3 rings (SSSR count). The molecule has 0 saturated heterocycles. The van der Waals surface area contributed by atoms with E-state index in [0.29, 0.717) is 0 Å². The normalized spacial score (nSPS) is 14.2. The SMILES string of the molecule is Cc1n[nH]c(C)c1CNc1cnc2c(c1)CCCC2. The second-order valence-electron chi connectivity index (χ2n) is 5.30. The van der Waals surface area contributed by atoms with Gasteiger partial charge in [-0.15, -0.1) is 0 Å². The standard InChI is InChI=1S/C15H20N4/c1-10-14(11(2)19-18-10)9-16-13-7-12-5-3-4-6-15(12)17-8-13/h7-8,16H,3-6,9H2,1-2H3,(H,18,19). The molecule has 0 unspecified atom stereocenters. The third-order valence-electron chi connectivity index (χ3n) is 3.92. The van der Waals surface area contributed by atoms with Crippen molar-refractivity contribution < 1.29 is 0 Å². The molecule has 0 aliphatic heterocycles. The van der Waals surface area contributed by atoms with E-state index < -0.39 is 0 Å². The van der Waals surface area contributed by atoms with Crippen LogP contribution in [0.5, 0.6) is 0 Å². The summed E-state index contributed by atoms with van der Waals surface area (Å²) >= 11 is 0. The molecule has 0 spiro atoms. The van der Waals surface area contributed by atoms with E-state index in [2.05, 4.69) is 33.5 Å². The number of nitrogens with zero attached hydrogens (tertiary/aromatic N) is 2. The molecule has 2 aromatic heterocycles. The number of fused-ring (bicyclic) bond motifs is 1. The van der Waals surface area contributed by atoms with Crippen LogP contribution in [-0.2, 0) is 19.4 Å². The van der Waals surface area contributed by atoms with E-state index in [1.165, 1.54) is 36.1 Å². The van der Waals surface area contributed by atoms with Gasteiger partial charge in [0.15, 0.2) is 0 Å². The van der Waals surface area contributed by atoms with Gasteiger partial charge in [-0.05, 0) is 51.2 Å². The van der Waals surface area contributed by atoms with Gasteiger partial charge >= 0.3 is 0 Å². The molecule has 19 heavy (non-hydrogen) atoms. The van der Waals surface area contributed by atoms with Gasteiger partial charge < -0.3 is 5.32 Å². The number of anilines is 1. The molecule has 2 aromatic rings. The molecule has 0 aromatic carbocycles. The molecule has 0 atom stereocenters. The Morgan fingerprint density at radius 3 is 2.89 bits per heavy atom. The van der Waals surface area contributed by atoms with Gasteiger partial charge in [0.25, 0.3) is 0 Å². The summed E-state index contributed by atoms with van der Waals surface area (Å²) in [6.07, 6.45) is 6.82. The first-order valence-corrected chi connectivity index (χ1v) is 6.96. The van der Waals surface area contributed by atoms with Gasteiger partial charge in [0.05, 0.1) is 17.6 Å². The zero-order valence-corrected chi connectivity index (χ0v) is 11.6. The van der Waals surface area contributed by atoms with Gasteiger partial charge in [-0.3, -0.25) is 10.1 Å². The predicted octanol–water partition coefficient (Wildman–Crippen LogP) is 2.91. The second kappa shape index (κ2) is 5.03. The summed E-state index contributed by atoms with van der Waals surface area (Å²) in [4.78, 5) is 4.58. The van der Waals surface area contributed by atoms with E-state index in [1.807, 2.05) is 13.1 Å². The molecular formula is C15H20N4. The van der Waals surface area contributed by atoms with Crippen LogP contribution in [0.15, 0.2) is 12.3 Å². The highest BCUT2D eigenvalue weighted by Crippen LogP contribution is 2.22. The molecule has 100 valence electrons. The lowest BCUT2D eigenvalue weighted by atomic mass is 9.96. The lowest BCUT2D eigenvalue weighted by Crippen LogP contribution is -2.08. The molecule has 1 aliphatic carbocycles. The maximum Gasteiger partial charge on any atom is 0.0643 e. The number of rotatable bonds is 3. The highest BCUT2D eigenvalue weighted by Gasteiger charge is 2.11. The average Bonchev–Trinajstić information content (AvgIpc) is 2.76. The van der Waals surface area contributed by atoms with Gasteiger partial charge in [-0.1, -0.05) is 0 Å². The second-order valence-corrected chi connectivity index (χ2v) is 5.30. The highest BCUT2D eigenvalue weighted by atomic mass is 15.1. The van der Waals surface area contributed by atoms with Gasteiger partial charge in [-0.2, -0.15) is 5.10 Å². The van der Waals surface area contributed by atoms with Crippen LogP contribution in [0.4, 0.5) is 5.69 Å². The number of H-pyrrole nitrogens is 1. The van der Waals surface area contributed by atoms with E-state index in [-0.39, 0.29) is 0 Å². The molecule has 4 nitrogen and oxygen atoms in total. The summed E-state index contributed by atoms with van der Waals surface area (Å²) in [6, 6.07) is 2.26. The first-order chi connectivity index (χ1) is 9.24. The number of pyridine rings is 1. The van der Waals surface area contributed by atoms with Crippen LogP contribution in [0, 0.1) is 13.8 Å². The topological polar surface area (TPSA) is 53.6 Å². The molecule has 0 bridgehead atoms. The van der Waals surface area contributed by atoms with Gasteiger partial charge in [0.1, 0.15) is 0 Å². The minimum Gasteiger partial charge on any atom is -0.380 e. The quantitative estimate of drug-likeness (QED) is 0.887. The van der Waals surface area contributed by atoms with Crippen LogP contribution in [0.3, 0.4) is 0 Å². The van der Waals surface area contributed by atoms with E-state index in [0.717, 1.165) is 30.0 Å². The first kappa shape index (κ1) is 12.2. The highest BCUT2D eigenvalue weighted by molar-refractivity contribution is 5.46. The molecule has 0 fully saturated rings. The third kappa shape index (κ3) is 2.48.